The first-order valence-electron chi connectivity index (χ1n) is 10.5. The van der Waals surface area contributed by atoms with Crippen molar-refractivity contribution in [2.45, 2.75) is 30.6 Å². The largest absolute Gasteiger partial charge is 0.481 e. The molecule has 3 rings (SSSR count). The molecule has 0 bridgehead atoms. The minimum atomic E-state index is -3.77. The first kappa shape index (κ1) is 25.2. The van der Waals surface area contributed by atoms with Crippen LogP contribution in [0.15, 0.2) is 53.4 Å². The second-order valence-electron chi connectivity index (χ2n) is 8.08. The maximum Gasteiger partial charge on any atom is 0.307 e. The van der Waals surface area contributed by atoms with Crippen molar-refractivity contribution in [2.75, 3.05) is 32.1 Å². The third-order valence-electron chi connectivity index (χ3n) is 5.97. The Morgan fingerprint density at radius 2 is 1.76 bits per heavy atom. The second-order valence-corrected chi connectivity index (χ2v) is 10.4. The highest BCUT2D eigenvalue weighted by molar-refractivity contribution is 7.89. The standard InChI is InChI=1S/C23H27ClN2O6S/c1-32-15-12-23(22(29)25-18-8-6-17(7-9-18)16-21(27)28)10-13-26(14-11-23)33(30,31)20-5-3-2-4-19(20)24/h2-9H,10-16H2,1H3,(H,25,29)(H,27,28). The van der Waals surface area contributed by atoms with Gasteiger partial charge in [0.1, 0.15) is 4.90 Å². The van der Waals surface area contributed by atoms with Crippen molar-refractivity contribution < 1.29 is 27.9 Å². The van der Waals surface area contributed by atoms with Gasteiger partial charge in [0.05, 0.1) is 16.9 Å². The summed E-state index contributed by atoms with van der Waals surface area (Å²) in [5.74, 6) is -1.14. The van der Waals surface area contributed by atoms with Gasteiger partial charge in [-0.1, -0.05) is 35.9 Å². The van der Waals surface area contributed by atoms with Crippen LogP contribution in [0.4, 0.5) is 5.69 Å². The molecule has 0 atom stereocenters. The molecule has 2 aromatic rings. The number of piperidine rings is 1. The molecule has 1 aliphatic heterocycles. The van der Waals surface area contributed by atoms with E-state index in [9.17, 15) is 18.0 Å². The number of rotatable bonds is 9. The summed E-state index contributed by atoms with van der Waals surface area (Å²) in [7, 11) is -2.21. The van der Waals surface area contributed by atoms with Crippen LogP contribution in [0.5, 0.6) is 0 Å². The molecule has 1 amide bonds. The van der Waals surface area contributed by atoms with Crippen molar-refractivity contribution in [1.29, 1.82) is 0 Å². The molecule has 0 saturated carbocycles. The molecule has 178 valence electrons. The molecule has 0 radical (unpaired) electrons. The summed E-state index contributed by atoms with van der Waals surface area (Å²) in [6, 6.07) is 13.0. The highest BCUT2D eigenvalue weighted by Gasteiger charge is 2.43. The Morgan fingerprint density at radius 3 is 2.33 bits per heavy atom. The fourth-order valence-corrected chi connectivity index (χ4v) is 5.91. The molecule has 0 unspecified atom stereocenters. The Bertz CT molecular complexity index is 1100. The van der Waals surface area contributed by atoms with Crippen LogP contribution in [0.25, 0.3) is 0 Å². The summed E-state index contributed by atoms with van der Waals surface area (Å²) >= 11 is 6.11. The molecule has 1 fully saturated rings. The van der Waals surface area contributed by atoms with Gasteiger partial charge in [-0.25, -0.2) is 8.42 Å². The smallest absolute Gasteiger partial charge is 0.307 e. The lowest BCUT2D eigenvalue weighted by Crippen LogP contribution is -2.48. The Labute approximate surface area is 198 Å². The fourth-order valence-electron chi connectivity index (χ4n) is 3.98. The van der Waals surface area contributed by atoms with Gasteiger partial charge >= 0.3 is 5.97 Å². The molecular formula is C23H27ClN2O6S. The number of carbonyl (C=O) groups is 2. The van der Waals surface area contributed by atoms with Gasteiger partial charge in [-0.15, -0.1) is 0 Å². The number of benzene rings is 2. The molecule has 0 aromatic heterocycles. The Balaban J connectivity index is 1.74. The predicted octanol–water partition coefficient (Wildman–Crippen LogP) is 3.41. The van der Waals surface area contributed by atoms with E-state index in [2.05, 4.69) is 5.32 Å². The number of aliphatic carboxylic acids is 1. The number of carbonyl (C=O) groups excluding carboxylic acids is 1. The first-order chi connectivity index (χ1) is 15.7. The minimum absolute atomic E-state index is 0.0574. The molecule has 33 heavy (non-hydrogen) atoms. The molecular weight excluding hydrogens is 468 g/mol. The van der Waals surface area contributed by atoms with Gasteiger partial charge in [0, 0.05) is 32.5 Å². The van der Waals surface area contributed by atoms with Crippen LogP contribution in [0.3, 0.4) is 0 Å². The number of sulfonamides is 1. The summed E-state index contributed by atoms with van der Waals surface area (Å²) in [4.78, 5) is 24.2. The van der Waals surface area contributed by atoms with Crippen LogP contribution in [0, 0.1) is 5.41 Å². The van der Waals surface area contributed by atoms with Gasteiger partial charge in [-0.2, -0.15) is 4.31 Å². The average Bonchev–Trinajstić information content (AvgIpc) is 2.79. The summed E-state index contributed by atoms with van der Waals surface area (Å²) in [5, 5.41) is 12.0. The molecule has 8 nitrogen and oxygen atoms in total. The zero-order valence-corrected chi connectivity index (χ0v) is 19.9. The van der Waals surface area contributed by atoms with Crippen molar-refractivity contribution in [3.8, 4) is 0 Å². The number of halogens is 1. The number of hydrogen-bond acceptors (Lipinski definition) is 5. The number of anilines is 1. The summed E-state index contributed by atoms with van der Waals surface area (Å²) < 4.78 is 32.7. The van der Waals surface area contributed by atoms with E-state index in [4.69, 9.17) is 21.4 Å². The zero-order valence-electron chi connectivity index (χ0n) is 18.3. The Hall–Kier alpha value is -2.46. The van der Waals surface area contributed by atoms with Crippen molar-refractivity contribution in [3.63, 3.8) is 0 Å². The number of ether oxygens (including phenoxy) is 1. The topological polar surface area (TPSA) is 113 Å². The maximum atomic E-state index is 13.3. The molecule has 0 aliphatic carbocycles. The molecule has 2 aromatic carbocycles. The minimum Gasteiger partial charge on any atom is -0.481 e. The predicted molar refractivity (Wildman–Crippen MR) is 125 cm³/mol. The lowest BCUT2D eigenvalue weighted by Gasteiger charge is -2.40. The third kappa shape index (κ3) is 5.92. The SMILES string of the molecule is COCCC1(C(=O)Nc2ccc(CC(=O)O)cc2)CCN(S(=O)(=O)c2ccccc2Cl)CC1. The number of hydrogen-bond donors (Lipinski definition) is 2. The summed E-state index contributed by atoms with van der Waals surface area (Å²) in [6.45, 7) is 0.729. The molecule has 1 saturated heterocycles. The highest BCUT2D eigenvalue weighted by Crippen LogP contribution is 2.38. The van der Waals surface area contributed by atoms with Gasteiger partial charge in [-0.05, 0) is 49.1 Å². The van der Waals surface area contributed by atoms with Crippen molar-refractivity contribution in [3.05, 3.63) is 59.1 Å². The van der Waals surface area contributed by atoms with Crippen LogP contribution in [0.2, 0.25) is 5.02 Å². The number of carboxylic acids is 1. The van der Waals surface area contributed by atoms with Crippen molar-refractivity contribution in [2.24, 2.45) is 5.41 Å². The lowest BCUT2D eigenvalue weighted by molar-refractivity contribution is -0.136. The van der Waals surface area contributed by atoms with Gasteiger partial charge in [0.25, 0.3) is 0 Å². The van der Waals surface area contributed by atoms with Crippen LogP contribution < -0.4 is 5.32 Å². The van der Waals surface area contributed by atoms with E-state index in [-0.39, 0.29) is 35.3 Å². The number of carboxylic acid groups (broad SMARTS) is 1. The number of amides is 1. The summed E-state index contributed by atoms with van der Waals surface area (Å²) in [5.41, 5.74) is 0.396. The second kappa shape index (κ2) is 10.6. The number of nitrogens with zero attached hydrogens (tertiary/aromatic N) is 1. The van der Waals surface area contributed by atoms with E-state index in [1.807, 2.05) is 0 Å². The summed E-state index contributed by atoms with van der Waals surface area (Å²) in [6.07, 6.45) is 1.03. The zero-order chi connectivity index (χ0) is 24.1. The van der Waals surface area contributed by atoms with E-state index in [1.165, 1.54) is 16.4 Å². The van der Waals surface area contributed by atoms with Gasteiger partial charge in [0.15, 0.2) is 0 Å². The average molecular weight is 495 g/mol. The van der Waals surface area contributed by atoms with E-state index in [0.29, 0.717) is 37.1 Å². The van der Waals surface area contributed by atoms with Crippen LogP contribution in [-0.2, 0) is 30.8 Å². The monoisotopic (exact) mass is 494 g/mol. The van der Waals surface area contributed by atoms with Crippen LogP contribution in [0.1, 0.15) is 24.8 Å². The van der Waals surface area contributed by atoms with Gasteiger partial charge < -0.3 is 15.2 Å². The Kier molecular flexibility index (Phi) is 8.12. The Morgan fingerprint density at radius 1 is 1.12 bits per heavy atom. The quantitative estimate of drug-likeness (QED) is 0.552. The number of methoxy groups -OCH3 is 1. The molecule has 1 heterocycles. The molecule has 1 aliphatic rings. The first-order valence-corrected chi connectivity index (χ1v) is 12.4. The fraction of sp³-hybridized carbons (Fsp3) is 0.391. The van der Waals surface area contributed by atoms with E-state index < -0.39 is 21.4 Å². The van der Waals surface area contributed by atoms with Crippen molar-refractivity contribution >= 4 is 39.2 Å². The maximum absolute atomic E-state index is 13.3. The van der Waals surface area contributed by atoms with E-state index >= 15 is 0 Å². The molecule has 10 heteroatoms. The van der Waals surface area contributed by atoms with Gasteiger partial charge in [-0.3, -0.25) is 9.59 Å². The van der Waals surface area contributed by atoms with Crippen LogP contribution >= 0.6 is 11.6 Å². The van der Waals surface area contributed by atoms with E-state index in [1.54, 1.807) is 43.5 Å². The van der Waals surface area contributed by atoms with Crippen molar-refractivity contribution in [1.82, 2.24) is 4.31 Å². The highest BCUT2D eigenvalue weighted by atomic mass is 35.5. The number of nitrogens with one attached hydrogen (secondary N) is 1. The third-order valence-corrected chi connectivity index (χ3v) is 8.37. The molecule has 0 spiro atoms. The normalized spacial score (nSPS) is 16.3. The lowest BCUT2D eigenvalue weighted by atomic mass is 9.75. The van der Waals surface area contributed by atoms with Gasteiger partial charge in [0.2, 0.25) is 15.9 Å². The molecule has 2 N–H and O–H groups in total. The van der Waals surface area contributed by atoms with Crippen LogP contribution in [-0.4, -0.2) is 56.5 Å². The van der Waals surface area contributed by atoms with E-state index in [0.717, 1.165) is 0 Å².